The summed E-state index contributed by atoms with van der Waals surface area (Å²) in [5, 5.41) is 2.68. The van der Waals surface area contributed by atoms with Crippen molar-refractivity contribution in [2.24, 2.45) is 0 Å². The van der Waals surface area contributed by atoms with Gasteiger partial charge in [-0.2, -0.15) is 0 Å². The van der Waals surface area contributed by atoms with E-state index in [1.54, 1.807) is 70.3 Å². The molecule has 2 aromatic carbocycles. The minimum atomic E-state index is -3.82. The average Bonchev–Trinajstić information content (AvgIpc) is 2.60. The molecule has 0 saturated carbocycles. The maximum atomic E-state index is 12.8. The Labute approximate surface area is 166 Å². The molecule has 0 aromatic heterocycles. The number of carbonyl (C=O) groups excluding carboxylic acids is 1. The van der Waals surface area contributed by atoms with Crippen LogP contribution in [0.25, 0.3) is 0 Å². The number of carbonyl (C=O) groups is 1. The van der Waals surface area contributed by atoms with E-state index in [4.69, 9.17) is 9.47 Å². The fraction of sp³-hybridized carbons (Fsp3) is 0.350. The first-order valence-electron chi connectivity index (χ1n) is 8.79. The predicted molar refractivity (Wildman–Crippen MR) is 108 cm³/mol. The SMILES string of the molecule is COCCOc1ccccc1C(=O)Nc1ccccc1S(=O)(=O)NC(C)(C)C. The normalized spacial score (nSPS) is 11.9. The van der Waals surface area contributed by atoms with E-state index in [1.807, 2.05) is 0 Å². The molecule has 28 heavy (non-hydrogen) atoms. The van der Waals surface area contributed by atoms with Crippen molar-refractivity contribution in [2.75, 3.05) is 25.6 Å². The summed E-state index contributed by atoms with van der Waals surface area (Å²) >= 11 is 0. The lowest BCUT2D eigenvalue weighted by Gasteiger charge is -2.21. The molecule has 8 heteroatoms. The second kappa shape index (κ2) is 9.18. The number of nitrogens with one attached hydrogen (secondary N) is 2. The lowest BCUT2D eigenvalue weighted by Crippen LogP contribution is -2.40. The Morgan fingerprint density at radius 1 is 1.00 bits per heavy atom. The van der Waals surface area contributed by atoms with Gasteiger partial charge in [-0.1, -0.05) is 24.3 Å². The molecular weight excluding hydrogens is 380 g/mol. The number of anilines is 1. The summed E-state index contributed by atoms with van der Waals surface area (Å²) in [5.41, 5.74) is -0.164. The van der Waals surface area contributed by atoms with Crippen LogP contribution in [-0.4, -0.2) is 40.2 Å². The number of hydrogen-bond acceptors (Lipinski definition) is 5. The lowest BCUT2D eigenvalue weighted by molar-refractivity contribution is 0.101. The number of hydrogen-bond donors (Lipinski definition) is 2. The first-order chi connectivity index (χ1) is 13.1. The highest BCUT2D eigenvalue weighted by Crippen LogP contribution is 2.25. The van der Waals surface area contributed by atoms with Gasteiger partial charge in [-0.05, 0) is 45.0 Å². The van der Waals surface area contributed by atoms with Crippen LogP contribution in [0.3, 0.4) is 0 Å². The molecule has 0 saturated heterocycles. The number of benzene rings is 2. The van der Waals surface area contributed by atoms with Gasteiger partial charge in [0.05, 0.1) is 17.9 Å². The van der Waals surface area contributed by atoms with Crippen LogP contribution in [0.5, 0.6) is 5.75 Å². The first kappa shape index (κ1) is 21.9. The number of ether oxygens (including phenoxy) is 2. The van der Waals surface area contributed by atoms with Crippen molar-refractivity contribution in [2.45, 2.75) is 31.2 Å². The van der Waals surface area contributed by atoms with E-state index in [0.29, 0.717) is 24.5 Å². The number of methoxy groups -OCH3 is 1. The third kappa shape index (κ3) is 6.05. The predicted octanol–water partition coefficient (Wildman–Crippen LogP) is 3.04. The number of sulfonamides is 1. The summed E-state index contributed by atoms with van der Waals surface area (Å²) in [4.78, 5) is 12.8. The van der Waals surface area contributed by atoms with Crippen molar-refractivity contribution in [3.05, 3.63) is 54.1 Å². The van der Waals surface area contributed by atoms with E-state index < -0.39 is 21.5 Å². The molecule has 2 N–H and O–H groups in total. The molecule has 0 unspecified atom stereocenters. The Balaban J connectivity index is 2.29. The zero-order chi connectivity index (χ0) is 20.8. The van der Waals surface area contributed by atoms with Crippen molar-refractivity contribution in [3.63, 3.8) is 0 Å². The van der Waals surface area contributed by atoms with Crippen molar-refractivity contribution in [3.8, 4) is 5.75 Å². The molecule has 0 heterocycles. The molecule has 0 fully saturated rings. The van der Waals surface area contributed by atoms with Crippen LogP contribution in [0.2, 0.25) is 0 Å². The van der Waals surface area contributed by atoms with Crippen LogP contribution in [-0.2, 0) is 14.8 Å². The fourth-order valence-electron chi connectivity index (χ4n) is 2.47. The second-order valence-corrected chi connectivity index (χ2v) is 8.79. The van der Waals surface area contributed by atoms with E-state index in [1.165, 1.54) is 6.07 Å². The van der Waals surface area contributed by atoms with Crippen LogP contribution in [0.1, 0.15) is 31.1 Å². The van der Waals surface area contributed by atoms with Gasteiger partial charge >= 0.3 is 0 Å². The first-order valence-corrected chi connectivity index (χ1v) is 10.3. The van der Waals surface area contributed by atoms with Crippen LogP contribution in [0.15, 0.2) is 53.4 Å². The maximum absolute atomic E-state index is 12.8. The monoisotopic (exact) mass is 406 g/mol. The summed E-state index contributed by atoms with van der Waals surface area (Å²) in [7, 11) is -2.26. The Kier molecular flexibility index (Phi) is 7.17. The van der Waals surface area contributed by atoms with Gasteiger partial charge in [0.2, 0.25) is 10.0 Å². The minimum absolute atomic E-state index is 0.00365. The van der Waals surface area contributed by atoms with Crippen LogP contribution < -0.4 is 14.8 Å². The Morgan fingerprint density at radius 3 is 2.32 bits per heavy atom. The molecule has 0 spiro atoms. The summed E-state index contributed by atoms with van der Waals surface area (Å²) in [6, 6.07) is 13.0. The maximum Gasteiger partial charge on any atom is 0.259 e. The van der Waals surface area contributed by atoms with Crippen molar-refractivity contribution in [1.29, 1.82) is 0 Å². The van der Waals surface area contributed by atoms with Gasteiger partial charge in [0.1, 0.15) is 17.3 Å². The largest absolute Gasteiger partial charge is 0.490 e. The molecule has 0 atom stereocenters. The zero-order valence-electron chi connectivity index (χ0n) is 16.5. The summed E-state index contributed by atoms with van der Waals surface area (Å²) in [6.45, 7) is 5.93. The molecule has 0 radical (unpaired) electrons. The highest BCUT2D eigenvalue weighted by atomic mass is 32.2. The Morgan fingerprint density at radius 2 is 1.64 bits per heavy atom. The molecule has 1 amide bonds. The minimum Gasteiger partial charge on any atom is -0.490 e. The Bertz CT molecular complexity index is 920. The fourth-order valence-corrected chi connectivity index (χ4v) is 4.05. The van der Waals surface area contributed by atoms with E-state index >= 15 is 0 Å². The Hall–Kier alpha value is -2.42. The standard InChI is InChI=1S/C20H26N2O5S/c1-20(2,3)22-28(24,25)18-12-8-6-10-16(18)21-19(23)15-9-5-7-11-17(15)27-14-13-26-4/h5-12,22H,13-14H2,1-4H3,(H,21,23). The molecule has 0 aliphatic carbocycles. The molecule has 7 nitrogen and oxygen atoms in total. The van der Waals surface area contributed by atoms with Gasteiger partial charge in [-0.15, -0.1) is 0 Å². The molecular formula is C20H26N2O5S. The third-order valence-corrected chi connectivity index (χ3v) is 5.36. The van der Waals surface area contributed by atoms with Gasteiger partial charge in [0, 0.05) is 12.6 Å². The quantitative estimate of drug-likeness (QED) is 0.657. The summed E-state index contributed by atoms with van der Waals surface area (Å²) < 4.78 is 38.6. The zero-order valence-corrected chi connectivity index (χ0v) is 17.3. The van der Waals surface area contributed by atoms with Crippen molar-refractivity contribution >= 4 is 21.6 Å². The second-order valence-electron chi connectivity index (χ2n) is 7.14. The molecule has 2 rings (SSSR count). The summed E-state index contributed by atoms with van der Waals surface area (Å²) in [6.07, 6.45) is 0. The van der Waals surface area contributed by atoms with E-state index in [0.717, 1.165) is 0 Å². The van der Waals surface area contributed by atoms with Crippen molar-refractivity contribution < 1.29 is 22.7 Å². The van der Waals surface area contributed by atoms with E-state index in [2.05, 4.69) is 10.0 Å². The topological polar surface area (TPSA) is 93.7 Å². The van der Waals surface area contributed by atoms with Gasteiger partial charge in [0.15, 0.2) is 0 Å². The van der Waals surface area contributed by atoms with Gasteiger partial charge in [0.25, 0.3) is 5.91 Å². The van der Waals surface area contributed by atoms with Crippen molar-refractivity contribution in [1.82, 2.24) is 4.72 Å². The third-order valence-electron chi connectivity index (χ3n) is 3.54. The van der Waals surface area contributed by atoms with Gasteiger partial charge in [-0.3, -0.25) is 4.79 Å². The average molecular weight is 407 g/mol. The van der Waals surface area contributed by atoms with Crippen LogP contribution in [0, 0.1) is 0 Å². The summed E-state index contributed by atoms with van der Waals surface area (Å²) in [5.74, 6) is -0.0726. The van der Waals surface area contributed by atoms with Gasteiger partial charge < -0.3 is 14.8 Å². The smallest absolute Gasteiger partial charge is 0.259 e. The molecule has 0 bridgehead atoms. The molecule has 2 aromatic rings. The number of para-hydroxylation sites is 2. The van der Waals surface area contributed by atoms with Crippen LogP contribution >= 0.6 is 0 Å². The molecule has 0 aliphatic rings. The lowest BCUT2D eigenvalue weighted by atomic mass is 10.1. The highest BCUT2D eigenvalue weighted by Gasteiger charge is 2.25. The van der Waals surface area contributed by atoms with Crippen LogP contribution in [0.4, 0.5) is 5.69 Å². The highest BCUT2D eigenvalue weighted by molar-refractivity contribution is 7.89. The van der Waals surface area contributed by atoms with E-state index in [9.17, 15) is 13.2 Å². The number of amides is 1. The number of rotatable bonds is 8. The molecule has 152 valence electrons. The molecule has 0 aliphatic heterocycles. The van der Waals surface area contributed by atoms with E-state index in [-0.39, 0.29) is 10.6 Å². The van der Waals surface area contributed by atoms with Gasteiger partial charge in [-0.25, -0.2) is 13.1 Å².